The first-order chi connectivity index (χ1) is 5.69. The molecule has 0 nitrogen and oxygen atoms in total. The third kappa shape index (κ3) is 0.739. The lowest BCUT2D eigenvalue weighted by Gasteiger charge is -2.56. The molecule has 0 amide bonds. The molecule has 0 heteroatoms. The molecule has 0 heterocycles. The molecule has 2 fully saturated rings. The van der Waals surface area contributed by atoms with Crippen LogP contribution < -0.4 is 0 Å². The van der Waals surface area contributed by atoms with Crippen molar-refractivity contribution < 1.29 is 0 Å². The molecule has 0 N–H and O–H groups in total. The van der Waals surface area contributed by atoms with Crippen molar-refractivity contribution in [2.75, 3.05) is 0 Å². The van der Waals surface area contributed by atoms with Gasteiger partial charge in [0.1, 0.15) is 0 Å². The average molecular weight is 162 g/mol. The lowest BCUT2D eigenvalue weighted by atomic mass is 9.48. The minimum Gasteiger partial charge on any atom is -0.0845 e. The van der Waals surface area contributed by atoms with Crippen LogP contribution in [0.2, 0.25) is 0 Å². The lowest BCUT2D eigenvalue weighted by Crippen LogP contribution is -2.48. The summed E-state index contributed by atoms with van der Waals surface area (Å²) >= 11 is 0. The van der Waals surface area contributed by atoms with Gasteiger partial charge < -0.3 is 0 Å². The fraction of sp³-hybridized carbons (Fsp3) is 0.833. The van der Waals surface area contributed by atoms with Crippen molar-refractivity contribution in [3.05, 3.63) is 11.6 Å². The summed E-state index contributed by atoms with van der Waals surface area (Å²) in [5, 5.41) is 0. The molecule has 0 aromatic carbocycles. The zero-order valence-corrected chi connectivity index (χ0v) is 8.14. The van der Waals surface area contributed by atoms with Gasteiger partial charge in [0.15, 0.2) is 0 Å². The third-order valence-corrected chi connectivity index (χ3v) is 4.56. The minimum atomic E-state index is 0.659. The fourth-order valence-corrected chi connectivity index (χ4v) is 3.27. The number of hydrogen-bond donors (Lipinski definition) is 0. The molecule has 0 saturated heterocycles. The molecule has 0 spiro atoms. The van der Waals surface area contributed by atoms with E-state index in [1.165, 1.54) is 25.7 Å². The van der Waals surface area contributed by atoms with Crippen LogP contribution in [0.15, 0.2) is 11.6 Å². The number of hydrogen-bond acceptors (Lipinski definition) is 0. The van der Waals surface area contributed by atoms with Gasteiger partial charge in [-0.05, 0) is 48.9 Å². The van der Waals surface area contributed by atoms with Crippen molar-refractivity contribution in [3.8, 4) is 0 Å². The molecule has 4 aliphatic carbocycles. The van der Waals surface area contributed by atoms with Crippen molar-refractivity contribution >= 4 is 0 Å². The first kappa shape index (κ1) is 7.17. The summed E-state index contributed by atoms with van der Waals surface area (Å²) in [5.74, 6) is 3.02. The summed E-state index contributed by atoms with van der Waals surface area (Å²) < 4.78 is 0. The van der Waals surface area contributed by atoms with Crippen molar-refractivity contribution in [2.45, 2.75) is 39.5 Å². The van der Waals surface area contributed by atoms with Crippen LogP contribution in [0.3, 0.4) is 0 Å². The van der Waals surface area contributed by atoms with Gasteiger partial charge >= 0.3 is 0 Å². The van der Waals surface area contributed by atoms with Gasteiger partial charge in [0, 0.05) is 0 Å². The van der Waals surface area contributed by atoms with E-state index in [9.17, 15) is 0 Å². The number of fused-ring (bicyclic) bond motifs is 1. The Bertz CT molecular complexity index is 243. The standard InChI is InChI=1S/C12H18/c1-12(2)9-5-6-10(8-3-4-8)11(12)7-9/h6,8-9,11H,3-5,7H2,1-2H3. The van der Waals surface area contributed by atoms with Gasteiger partial charge in [-0.1, -0.05) is 25.5 Å². The smallest absolute Gasteiger partial charge is 0.0143 e. The van der Waals surface area contributed by atoms with Gasteiger partial charge in [-0.3, -0.25) is 0 Å². The maximum Gasteiger partial charge on any atom is -0.0143 e. The second-order valence-electron chi connectivity index (χ2n) is 5.52. The highest BCUT2D eigenvalue weighted by molar-refractivity contribution is 5.27. The van der Waals surface area contributed by atoms with Crippen LogP contribution in [0, 0.1) is 23.2 Å². The second kappa shape index (κ2) is 1.97. The van der Waals surface area contributed by atoms with Crippen molar-refractivity contribution in [3.63, 3.8) is 0 Å². The Morgan fingerprint density at radius 1 is 1.33 bits per heavy atom. The molecule has 2 unspecified atom stereocenters. The molecule has 0 aliphatic heterocycles. The molecule has 2 atom stereocenters. The predicted molar refractivity (Wildman–Crippen MR) is 50.8 cm³/mol. The first-order valence-corrected chi connectivity index (χ1v) is 5.39. The number of allylic oxidation sites excluding steroid dienone is 2. The minimum absolute atomic E-state index is 0.659. The largest absolute Gasteiger partial charge is 0.0845 e. The van der Waals surface area contributed by atoms with Crippen molar-refractivity contribution in [1.29, 1.82) is 0 Å². The van der Waals surface area contributed by atoms with Crippen molar-refractivity contribution in [2.24, 2.45) is 23.2 Å². The lowest BCUT2D eigenvalue weighted by molar-refractivity contribution is -0.00946. The monoisotopic (exact) mass is 162 g/mol. The van der Waals surface area contributed by atoms with E-state index >= 15 is 0 Å². The SMILES string of the molecule is CC1(C)C2CC=C(C3CC3)C1C2. The molecule has 12 heavy (non-hydrogen) atoms. The molecule has 0 aromatic heterocycles. The van der Waals surface area contributed by atoms with Crippen molar-refractivity contribution in [1.82, 2.24) is 0 Å². The zero-order chi connectivity index (χ0) is 8.34. The summed E-state index contributed by atoms with van der Waals surface area (Å²) in [6, 6.07) is 0. The molecular formula is C12H18. The van der Waals surface area contributed by atoms with Gasteiger partial charge in [0.2, 0.25) is 0 Å². The Hall–Kier alpha value is -0.260. The number of rotatable bonds is 1. The Labute approximate surface area is 75.0 Å². The van der Waals surface area contributed by atoms with E-state index in [1.807, 2.05) is 5.57 Å². The van der Waals surface area contributed by atoms with Crippen LogP contribution in [0.5, 0.6) is 0 Å². The summed E-state index contributed by atoms with van der Waals surface area (Å²) in [7, 11) is 0. The summed E-state index contributed by atoms with van der Waals surface area (Å²) in [6.45, 7) is 4.95. The fourth-order valence-electron chi connectivity index (χ4n) is 3.27. The molecule has 4 rings (SSSR count). The highest BCUT2D eigenvalue weighted by Crippen LogP contribution is 2.62. The Morgan fingerprint density at radius 2 is 2.08 bits per heavy atom. The quantitative estimate of drug-likeness (QED) is 0.518. The van der Waals surface area contributed by atoms with Gasteiger partial charge in [0.05, 0.1) is 0 Å². The van der Waals surface area contributed by atoms with Gasteiger partial charge in [-0.15, -0.1) is 0 Å². The second-order valence-corrected chi connectivity index (χ2v) is 5.52. The van der Waals surface area contributed by atoms with Crippen LogP contribution in [0.25, 0.3) is 0 Å². The average Bonchev–Trinajstić information content (AvgIpc) is 2.86. The molecule has 4 aliphatic rings. The van der Waals surface area contributed by atoms with Crippen LogP contribution in [0.4, 0.5) is 0 Å². The van der Waals surface area contributed by atoms with Crippen LogP contribution in [-0.2, 0) is 0 Å². The molecule has 2 bridgehead atoms. The van der Waals surface area contributed by atoms with Crippen LogP contribution in [-0.4, -0.2) is 0 Å². The first-order valence-electron chi connectivity index (χ1n) is 5.39. The Kier molecular flexibility index (Phi) is 1.18. The molecule has 2 saturated carbocycles. The normalized spacial score (nSPS) is 43.3. The Morgan fingerprint density at radius 3 is 2.58 bits per heavy atom. The van der Waals surface area contributed by atoms with Crippen LogP contribution in [0.1, 0.15) is 39.5 Å². The molecule has 66 valence electrons. The highest BCUT2D eigenvalue weighted by atomic mass is 14.6. The molecular weight excluding hydrogens is 144 g/mol. The highest BCUT2D eigenvalue weighted by Gasteiger charge is 2.53. The topological polar surface area (TPSA) is 0 Å². The van der Waals surface area contributed by atoms with Gasteiger partial charge in [-0.25, -0.2) is 0 Å². The van der Waals surface area contributed by atoms with Gasteiger partial charge in [0.25, 0.3) is 0 Å². The summed E-state index contributed by atoms with van der Waals surface area (Å²) in [4.78, 5) is 0. The van der Waals surface area contributed by atoms with Crippen LogP contribution >= 0.6 is 0 Å². The van der Waals surface area contributed by atoms with E-state index in [0.717, 1.165) is 17.8 Å². The Balaban J connectivity index is 1.91. The third-order valence-electron chi connectivity index (χ3n) is 4.56. The summed E-state index contributed by atoms with van der Waals surface area (Å²) in [6.07, 6.45) is 8.44. The summed E-state index contributed by atoms with van der Waals surface area (Å²) in [5.41, 5.74) is 2.51. The van der Waals surface area contributed by atoms with E-state index in [4.69, 9.17) is 0 Å². The molecule has 0 aromatic rings. The maximum absolute atomic E-state index is 2.57. The predicted octanol–water partition coefficient (Wildman–Crippen LogP) is 3.39. The van der Waals surface area contributed by atoms with E-state index < -0.39 is 0 Å². The van der Waals surface area contributed by atoms with E-state index in [2.05, 4.69) is 19.9 Å². The van der Waals surface area contributed by atoms with E-state index in [1.54, 1.807) is 0 Å². The maximum atomic E-state index is 2.57. The zero-order valence-electron chi connectivity index (χ0n) is 8.14. The van der Waals surface area contributed by atoms with Gasteiger partial charge in [-0.2, -0.15) is 0 Å². The van der Waals surface area contributed by atoms with E-state index in [0.29, 0.717) is 5.41 Å². The van der Waals surface area contributed by atoms with E-state index in [-0.39, 0.29) is 0 Å². The molecule has 0 radical (unpaired) electrons.